The molecule has 65 heavy (non-hydrogen) atoms. The number of aromatic nitrogens is 2. The molecule has 0 saturated carbocycles. The van der Waals surface area contributed by atoms with Gasteiger partial charge in [0.2, 0.25) is 0 Å². The van der Waals surface area contributed by atoms with Gasteiger partial charge in [0.15, 0.2) is 0 Å². The third kappa shape index (κ3) is 6.26. The third-order valence-corrected chi connectivity index (χ3v) is 14.5. The van der Waals surface area contributed by atoms with Gasteiger partial charge in [0.25, 0.3) is 0 Å². The predicted octanol–water partition coefficient (Wildman–Crippen LogP) is 16.3. The molecule has 310 valence electrons. The minimum atomic E-state index is 0.298. The fourth-order valence-corrected chi connectivity index (χ4v) is 11.6. The SMILES string of the molecule is C1=CC(n2c(C3=CC=C4C=C(c5c6ccccc6c(C6=Cc7c(c(-c8ccccc8)c8ccccc8c7-c7ccccc7)CC6)c6ccccc56)C=CC4C3)nc3c2C=CCC3)=CCC1. The van der Waals surface area contributed by atoms with E-state index in [1.54, 1.807) is 0 Å². The summed E-state index contributed by atoms with van der Waals surface area (Å²) in [4.78, 5) is 5.32. The second-order valence-corrected chi connectivity index (χ2v) is 18.2. The van der Waals surface area contributed by atoms with E-state index in [4.69, 9.17) is 4.98 Å². The van der Waals surface area contributed by atoms with Crippen molar-refractivity contribution in [3.63, 3.8) is 0 Å². The number of hydrogen-bond acceptors (Lipinski definition) is 1. The fraction of sp³-hybridized carbons (Fsp3) is 0.127. The van der Waals surface area contributed by atoms with Crippen LogP contribution in [-0.4, -0.2) is 9.55 Å². The molecule has 0 spiro atoms. The maximum atomic E-state index is 5.32. The van der Waals surface area contributed by atoms with Crippen molar-refractivity contribution in [2.45, 2.75) is 44.9 Å². The summed E-state index contributed by atoms with van der Waals surface area (Å²) in [7, 11) is 0. The lowest BCUT2D eigenvalue weighted by Gasteiger charge is -2.28. The first-order valence-corrected chi connectivity index (χ1v) is 23.6. The monoisotopic (exact) mass is 832 g/mol. The lowest BCUT2D eigenvalue weighted by molar-refractivity contribution is 0.784. The Labute approximate surface area is 381 Å². The number of imidazole rings is 1. The van der Waals surface area contributed by atoms with E-state index in [-0.39, 0.29) is 0 Å². The van der Waals surface area contributed by atoms with Gasteiger partial charge in [0.1, 0.15) is 5.82 Å². The Kier molecular flexibility index (Phi) is 9.11. The van der Waals surface area contributed by atoms with Crippen molar-refractivity contribution in [3.8, 4) is 22.3 Å². The van der Waals surface area contributed by atoms with Crippen molar-refractivity contribution in [1.29, 1.82) is 0 Å². The molecule has 2 heteroatoms. The zero-order chi connectivity index (χ0) is 42.8. The molecule has 0 aliphatic heterocycles. The molecule has 1 unspecified atom stereocenters. The quantitative estimate of drug-likeness (QED) is 0.153. The Balaban J connectivity index is 0.969. The van der Waals surface area contributed by atoms with Gasteiger partial charge in [-0.15, -0.1) is 0 Å². The van der Waals surface area contributed by atoms with Gasteiger partial charge < -0.3 is 0 Å². The molecule has 0 bridgehead atoms. The number of aryl methyl sites for hydroxylation is 1. The zero-order valence-electron chi connectivity index (χ0n) is 36.5. The van der Waals surface area contributed by atoms with Crippen LogP contribution in [0.3, 0.4) is 0 Å². The van der Waals surface area contributed by atoms with Crippen LogP contribution in [-0.2, 0) is 12.8 Å². The van der Waals surface area contributed by atoms with Gasteiger partial charge in [-0.05, 0) is 156 Å². The number of hydrogen-bond donors (Lipinski definition) is 0. The topological polar surface area (TPSA) is 17.8 Å². The smallest absolute Gasteiger partial charge is 0.141 e. The first kappa shape index (κ1) is 38.0. The standard InChI is InChI=1S/C63H48N2/c1-4-18-41(19-5-1)59-49-24-10-11-25-50(49)60(42-20-6-2-7-21-42)56-40-46(36-37-55(56)59)62-53-28-14-12-26-51(53)61(52-27-13-15-29-54(52)62)45-34-32-44-39-47(35-33-43(44)38-45)63-64-57-30-16-17-31-58(57)65(63)48-22-8-3-9-23-48/h1-2,4-8,10-15,17-29,31-35,38,40,44H,3,9,16,30,36-37,39H2. The maximum Gasteiger partial charge on any atom is 0.141 e. The maximum absolute atomic E-state index is 5.32. The summed E-state index contributed by atoms with van der Waals surface area (Å²) in [5.41, 5.74) is 19.8. The molecule has 1 heterocycles. The lowest BCUT2D eigenvalue weighted by atomic mass is 9.76. The van der Waals surface area contributed by atoms with Crippen LogP contribution in [0.15, 0.2) is 194 Å². The number of rotatable bonds is 6. The van der Waals surface area contributed by atoms with Crippen LogP contribution in [0.25, 0.3) is 89.1 Å². The summed E-state index contributed by atoms with van der Waals surface area (Å²) in [6, 6.07) is 49.5. The molecule has 0 saturated heterocycles. The highest BCUT2D eigenvalue weighted by molar-refractivity contribution is 6.19. The first-order valence-electron chi connectivity index (χ1n) is 23.6. The highest BCUT2D eigenvalue weighted by Gasteiger charge is 2.29. The van der Waals surface area contributed by atoms with Crippen molar-refractivity contribution < 1.29 is 0 Å². The lowest BCUT2D eigenvalue weighted by Crippen LogP contribution is -2.12. The summed E-state index contributed by atoms with van der Waals surface area (Å²) < 4.78 is 2.42. The summed E-state index contributed by atoms with van der Waals surface area (Å²) in [5, 5.41) is 7.85. The minimum absolute atomic E-state index is 0.298. The van der Waals surface area contributed by atoms with Crippen molar-refractivity contribution in [1.82, 2.24) is 9.55 Å². The number of fused-ring (bicyclic) bond motifs is 6. The van der Waals surface area contributed by atoms with Crippen LogP contribution in [0.2, 0.25) is 0 Å². The van der Waals surface area contributed by atoms with Gasteiger partial charge in [0.05, 0.1) is 11.4 Å². The Morgan fingerprint density at radius 2 is 1.11 bits per heavy atom. The Bertz CT molecular complexity index is 3480. The second-order valence-electron chi connectivity index (χ2n) is 18.2. The molecule has 0 amide bonds. The molecule has 1 aromatic heterocycles. The normalized spacial score (nSPS) is 17.5. The van der Waals surface area contributed by atoms with Crippen LogP contribution < -0.4 is 0 Å². The second kappa shape index (κ2) is 15.6. The molecule has 7 aromatic carbocycles. The molecule has 1 atom stereocenters. The number of benzene rings is 7. The first-order chi connectivity index (χ1) is 32.3. The van der Waals surface area contributed by atoms with E-state index in [1.807, 2.05) is 0 Å². The molecular formula is C63H48N2. The average molecular weight is 833 g/mol. The molecule has 2 nitrogen and oxygen atoms in total. The fourth-order valence-electron chi connectivity index (χ4n) is 11.6. The van der Waals surface area contributed by atoms with Gasteiger partial charge in [-0.1, -0.05) is 188 Å². The van der Waals surface area contributed by atoms with Crippen molar-refractivity contribution in [2.24, 2.45) is 5.92 Å². The Morgan fingerprint density at radius 1 is 0.492 bits per heavy atom. The van der Waals surface area contributed by atoms with Crippen LogP contribution >= 0.6 is 0 Å². The van der Waals surface area contributed by atoms with E-state index < -0.39 is 0 Å². The van der Waals surface area contributed by atoms with Crippen molar-refractivity contribution in [3.05, 3.63) is 233 Å². The van der Waals surface area contributed by atoms with Crippen LogP contribution in [0.5, 0.6) is 0 Å². The van der Waals surface area contributed by atoms with Gasteiger partial charge >= 0.3 is 0 Å². The molecule has 5 aliphatic carbocycles. The van der Waals surface area contributed by atoms with Crippen LogP contribution in [0.1, 0.15) is 71.6 Å². The van der Waals surface area contributed by atoms with E-state index in [1.165, 1.54) is 116 Å². The van der Waals surface area contributed by atoms with Gasteiger partial charge in [-0.2, -0.15) is 0 Å². The summed E-state index contributed by atoms with van der Waals surface area (Å²) in [5.74, 6) is 1.40. The number of nitrogens with zero attached hydrogens (tertiary/aromatic N) is 2. The van der Waals surface area contributed by atoms with E-state index in [2.05, 4.69) is 205 Å². The molecular weight excluding hydrogens is 785 g/mol. The molecule has 0 N–H and O–H groups in total. The van der Waals surface area contributed by atoms with Crippen LogP contribution in [0.4, 0.5) is 0 Å². The van der Waals surface area contributed by atoms with Crippen LogP contribution in [0, 0.1) is 5.92 Å². The third-order valence-electron chi connectivity index (χ3n) is 14.5. The van der Waals surface area contributed by atoms with Gasteiger partial charge in [0, 0.05) is 11.6 Å². The van der Waals surface area contributed by atoms with Crippen molar-refractivity contribution in [2.75, 3.05) is 0 Å². The summed E-state index contributed by atoms with van der Waals surface area (Å²) in [6.45, 7) is 0. The van der Waals surface area contributed by atoms with E-state index in [0.717, 1.165) is 50.8 Å². The van der Waals surface area contributed by atoms with E-state index in [9.17, 15) is 0 Å². The molecule has 5 aliphatic rings. The molecule has 8 aromatic rings. The van der Waals surface area contributed by atoms with Gasteiger partial charge in [-0.25, -0.2) is 4.98 Å². The number of allylic oxidation sites excluding steroid dienone is 14. The zero-order valence-corrected chi connectivity index (χ0v) is 36.5. The van der Waals surface area contributed by atoms with E-state index >= 15 is 0 Å². The molecule has 13 rings (SSSR count). The Hall–Kier alpha value is -7.55. The van der Waals surface area contributed by atoms with E-state index in [0.29, 0.717) is 5.92 Å². The molecule has 0 radical (unpaired) electrons. The summed E-state index contributed by atoms with van der Waals surface area (Å²) >= 11 is 0. The Morgan fingerprint density at radius 3 is 1.78 bits per heavy atom. The van der Waals surface area contributed by atoms with Crippen molar-refractivity contribution >= 4 is 66.9 Å². The largest absolute Gasteiger partial charge is 0.293 e. The minimum Gasteiger partial charge on any atom is -0.293 e. The summed E-state index contributed by atoms with van der Waals surface area (Å²) in [6.07, 6.45) is 33.3. The average Bonchev–Trinajstić information content (AvgIpc) is 3.77. The van der Waals surface area contributed by atoms with Gasteiger partial charge in [-0.3, -0.25) is 4.57 Å². The highest BCUT2D eigenvalue weighted by atomic mass is 15.1. The predicted molar refractivity (Wildman–Crippen MR) is 276 cm³/mol. The molecule has 0 fully saturated rings. The highest BCUT2D eigenvalue weighted by Crippen LogP contribution is 2.50.